The maximum absolute atomic E-state index is 12.0. The van der Waals surface area contributed by atoms with Crippen molar-refractivity contribution in [2.45, 2.75) is 13.0 Å². The van der Waals surface area contributed by atoms with E-state index in [1.165, 1.54) is 18.2 Å². The van der Waals surface area contributed by atoms with Gasteiger partial charge < -0.3 is 16.0 Å². The molecule has 0 aliphatic rings. The minimum atomic E-state index is -0.556. The third-order valence-corrected chi connectivity index (χ3v) is 2.51. The van der Waals surface area contributed by atoms with Crippen LogP contribution in [0.2, 0.25) is 0 Å². The molecule has 1 rings (SSSR count). The first-order valence-electron chi connectivity index (χ1n) is 5.80. The molecule has 1 unspecified atom stereocenters. The summed E-state index contributed by atoms with van der Waals surface area (Å²) in [7, 11) is 3.79. The molecule has 1 aromatic carbocycles. The van der Waals surface area contributed by atoms with E-state index >= 15 is 0 Å². The maximum atomic E-state index is 12.0. The number of carbonyl (C=O) groups is 1. The van der Waals surface area contributed by atoms with Crippen LogP contribution in [0.1, 0.15) is 17.3 Å². The highest BCUT2D eigenvalue weighted by Gasteiger charge is 2.17. The Balaban J connectivity index is 2.87. The Morgan fingerprint density at radius 2 is 2.16 bits per heavy atom. The van der Waals surface area contributed by atoms with Gasteiger partial charge in [-0.05, 0) is 27.1 Å². The Kier molecular flexibility index (Phi) is 4.82. The van der Waals surface area contributed by atoms with E-state index in [4.69, 9.17) is 5.73 Å². The number of nitrogens with two attached hydrogens (primary N) is 1. The smallest absolute Gasteiger partial charge is 0.270 e. The molecule has 7 nitrogen and oxygen atoms in total. The highest BCUT2D eigenvalue weighted by molar-refractivity contribution is 5.99. The van der Waals surface area contributed by atoms with Crippen LogP contribution < -0.4 is 11.1 Å². The molecule has 0 aromatic heterocycles. The number of nitrogen functional groups attached to an aromatic ring is 1. The lowest BCUT2D eigenvalue weighted by Gasteiger charge is -2.18. The van der Waals surface area contributed by atoms with Gasteiger partial charge in [-0.1, -0.05) is 0 Å². The molecule has 1 aromatic rings. The Morgan fingerprint density at radius 1 is 1.53 bits per heavy atom. The van der Waals surface area contributed by atoms with Crippen LogP contribution >= 0.6 is 0 Å². The average molecular weight is 266 g/mol. The van der Waals surface area contributed by atoms with Gasteiger partial charge in [0, 0.05) is 30.4 Å². The summed E-state index contributed by atoms with van der Waals surface area (Å²) in [5.41, 5.74) is 5.87. The van der Waals surface area contributed by atoms with E-state index in [0.717, 1.165) is 0 Å². The first kappa shape index (κ1) is 14.9. The zero-order chi connectivity index (χ0) is 14.6. The third kappa shape index (κ3) is 4.22. The number of non-ortho nitro benzene ring substituents is 1. The van der Waals surface area contributed by atoms with Crippen molar-refractivity contribution in [3.63, 3.8) is 0 Å². The molecular formula is C12H18N4O3. The second kappa shape index (κ2) is 6.14. The Labute approximate surface area is 111 Å². The number of amides is 1. The monoisotopic (exact) mass is 266 g/mol. The second-order valence-corrected chi connectivity index (χ2v) is 4.67. The molecule has 19 heavy (non-hydrogen) atoms. The van der Waals surface area contributed by atoms with Gasteiger partial charge in [-0.3, -0.25) is 14.9 Å². The number of hydrogen-bond donors (Lipinski definition) is 2. The summed E-state index contributed by atoms with van der Waals surface area (Å²) < 4.78 is 0. The molecule has 0 heterocycles. The van der Waals surface area contributed by atoms with Crippen LogP contribution in [0.3, 0.4) is 0 Å². The van der Waals surface area contributed by atoms with Crippen molar-refractivity contribution in [2.24, 2.45) is 0 Å². The van der Waals surface area contributed by atoms with Gasteiger partial charge in [-0.2, -0.15) is 0 Å². The molecule has 0 aliphatic heterocycles. The van der Waals surface area contributed by atoms with E-state index in [-0.39, 0.29) is 23.0 Å². The van der Waals surface area contributed by atoms with Crippen LogP contribution in [0.25, 0.3) is 0 Å². The van der Waals surface area contributed by atoms with Gasteiger partial charge in [-0.15, -0.1) is 0 Å². The zero-order valence-corrected chi connectivity index (χ0v) is 11.2. The molecule has 0 spiro atoms. The predicted octanol–water partition coefficient (Wildman–Crippen LogP) is 0.857. The first-order chi connectivity index (χ1) is 8.81. The van der Waals surface area contributed by atoms with Crippen LogP contribution in [-0.4, -0.2) is 42.4 Å². The Morgan fingerprint density at radius 3 is 2.68 bits per heavy atom. The Bertz CT molecular complexity index is 488. The van der Waals surface area contributed by atoms with Crippen LogP contribution in [0.15, 0.2) is 18.2 Å². The van der Waals surface area contributed by atoms with Crippen molar-refractivity contribution in [3.05, 3.63) is 33.9 Å². The molecule has 104 valence electrons. The number of nitro benzene ring substituents is 1. The first-order valence-corrected chi connectivity index (χ1v) is 5.80. The summed E-state index contributed by atoms with van der Waals surface area (Å²) in [5.74, 6) is -0.407. The minimum absolute atomic E-state index is 0.0823. The van der Waals surface area contributed by atoms with Gasteiger partial charge in [0.2, 0.25) is 0 Å². The number of benzene rings is 1. The van der Waals surface area contributed by atoms with E-state index in [1.807, 2.05) is 25.9 Å². The summed E-state index contributed by atoms with van der Waals surface area (Å²) in [6, 6.07) is 3.74. The highest BCUT2D eigenvalue weighted by Crippen LogP contribution is 2.19. The molecule has 7 heteroatoms. The van der Waals surface area contributed by atoms with Crippen LogP contribution in [0.5, 0.6) is 0 Å². The fourth-order valence-electron chi connectivity index (χ4n) is 1.75. The standard InChI is InChI=1S/C12H18N4O3/c1-8(7-15(2)3)14-12(17)10-6-9(16(18)19)4-5-11(10)13/h4-6,8H,7,13H2,1-3H3,(H,14,17). The molecule has 0 aliphatic carbocycles. The van der Waals surface area contributed by atoms with E-state index in [2.05, 4.69) is 5.32 Å². The number of hydrogen-bond acceptors (Lipinski definition) is 5. The largest absolute Gasteiger partial charge is 0.398 e. The van der Waals surface area contributed by atoms with Gasteiger partial charge in [0.15, 0.2) is 0 Å². The number of likely N-dealkylation sites (N-methyl/N-ethyl adjacent to an activating group) is 1. The van der Waals surface area contributed by atoms with Crippen molar-refractivity contribution in [3.8, 4) is 0 Å². The quantitative estimate of drug-likeness (QED) is 0.467. The van der Waals surface area contributed by atoms with Crippen LogP contribution in [-0.2, 0) is 0 Å². The van der Waals surface area contributed by atoms with E-state index in [1.54, 1.807) is 0 Å². The summed E-state index contributed by atoms with van der Waals surface area (Å²) >= 11 is 0. The fraction of sp³-hybridized carbons (Fsp3) is 0.417. The zero-order valence-electron chi connectivity index (χ0n) is 11.2. The summed E-state index contributed by atoms with van der Waals surface area (Å²) in [6.45, 7) is 2.52. The normalized spacial score (nSPS) is 12.2. The molecule has 1 amide bonds. The molecule has 3 N–H and O–H groups in total. The highest BCUT2D eigenvalue weighted by atomic mass is 16.6. The van der Waals surface area contributed by atoms with E-state index < -0.39 is 10.8 Å². The molecule has 0 bridgehead atoms. The summed E-state index contributed by atoms with van der Waals surface area (Å²) in [6.07, 6.45) is 0. The van der Waals surface area contributed by atoms with E-state index in [9.17, 15) is 14.9 Å². The van der Waals surface area contributed by atoms with E-state index in [0.29, 0.717) is 6.54 Å². The number of nitrogens with zero attached hydrogens (tertiary/aromatic N) is 2. The molecule has 0 radical (unpaired) electrons. The van der Waals surface area contributed by atoms with Crippen molar-refractivity contribution in [2.75, 3.05) is 26.4 Å². The summed E-state index contributed by atoms with van der Waals surface area (Å²) in [4.78, 5) is 24.1. The molecule has 0 fully saturated rings. The van der Waals surface area contributed by atoms with Gasteiger partial charge in [0.1, 0.15) is 0 Å². The van der Waals surface area contributed by atoms with Gasteiger partial charge in [0.05, 0.1) is 10.5 Å². The lowest BCUT2D eigenvalue weighted by atomic mass is 10.1. The maximum Gasteiger partial charge on any atom is 0.270 e. The predicted molar refractivity (Wildman–Crippen MR) is 73.0 cm³/mol. The van der Waals surface area contributed by atoms with Crippen molar-refractivity contribution >= 4 is 17.3 Å². The van der Waals surface area contributed by atoms with Crippen LogP contribution in [0, 0.1) is 10.1 Å². The van der Waals surface area contributed by atoms with Gasteiger partial charge in [-0.25, -0.2) is 0 Å². The number of nitrogens with one attached hydrogen (secondary N) is 1. The van der Waals surface area contributed by atoms with Gasteiger partial charge in [0.25, 0.3) is 11.6 Å². The minimum Gasteiger partial charge on any atom is -0.398 e. The number of carbonyl (C=O) groups excluding carboxylic acids is 1. The van der Waals surface area contributed by atoms with Crippen molar-refractivity contribution < 1.29 is 9.72 Å². The number of anilines is 1. The lowest BCUT2D eigenvalue weighted by molar-refractivity contribution is -0.384. The van der Waals surface area contributed by atoms with Crippen molar-refractivity contribution in [1.29, 1.82) is 0 Å². The SMILES string of the molecule is CC(CN(C)C)NC(=O)c1cc([N+](=O)[O-])ccc1N. The molecular weight excluding hydrogens is 248 g/mol. The molecule has 1 atom stereocenters. The molecule has 0 saturated carbocycles. The topological polar surface area (TPSA) is 102 Å². The van der Waals surface area contributed by atoms with Crippen molar-refractivity contribution in [1.82, 2.24) is 10.2 Å². The van der Waals surface area contributed by atoms with Gasteiger partial charge >= 0.3 is 0 Å². The second-order valence-electron chi connectivity index (χ2n) is 4.67. The third-order valence-electron chi connectivity index (χ3n) is 2.51. The fourth-order valence-corrected chi connectivity index (χ4v) is 1.75. The average Bonchev–Trinajstić information content (AvgIpc) is 2.27. The molecule has 0 saturated heterocycles. The summed E-state index contributed by atoms with van der Waals surface area (Å²) in [5, 5.41) is 13.4. The number of rotatable bonds is 5. The lowest BCUT2D eigenvalue weighted by Crippen LogP contribution is -2.39. The number of nitro groups is 1. The Hall–Kier alpha value is -2.15. The van der Waals surface area contributed by atoms with Crippen LogP contribution in [0.4, 0.5) is 11.4 Å².